The number of aromatic nitrogens is 1. The molecule has 1 heterocycles. The average Bonchev–Trinajstić information content (AvgIpc) is 3.47. The number of anilines is 1. The van der Waals surface area contributed by atoms with Crippen molar-refractivity contribution in [3.8, 4) is 11.5 Å². The molecule has 0 spiro atoms. The topological polar surface area (TPSA) is 81.4 Å². The van der Waals surface area contributed by atoms with Crippen LogP contribution in [-0.4, -0.2) is 13.4 Å². The summed E-state index contributed by atoms with van der Waals surface area (Å²) in [5.74, 6) is 1.26. The predicted molar refractivity (Wildman–Crippen MR) is 168 cm³/mol. The third kappa shape index (κ3) is 6.48. The van der Waals surface area contributed by atoms with Crippen LogP contribution in [0.3, 0.4) is 0 Å². The van der Waals surface area contributed by atoms with E-state index in [1.165, 1.54) is 24.3 Å². The molecule has 0 bridgehead atoms. The first-order chi connectivity index (χ1) is 21.0. The number of nitrogens with one attached hydrogen (secondary N) is 1. The molecule has 43 heavy (non-hydrogen) atoms. The van der Waals surface area contributed by atoms with E-state index in [1.807, 2.05) is 115 Å². The summed E-state index contributed by atoms with van der Waals surface area (Å²) >= 11 is 6.05. The van der Waals surface area contributed by atoms with Gasteiger partial charge in [-0.05, 0) is 65.2 Å². The molecule has 0 aliphatic rings. The Morgan fingerprint density at radius 1 is 0.721 bits per heavy atom. The van der Waals surface area contributed by atoms with Crippen LogP contribution in [0.15, 0.2) is 154 Å². The van der Waals surface area contributed by atoms with E-state index in [1.54, 1.807) is 0 Å². The first kappa shape index (κ1) is 28.3. The van der Waals surface area contributed by atoms with Gasteiger partial charge in [-0.25, -0.2) is 8.42 Å². The quantitative estimate of drug-likeness (QED) is 0.168. The molecule has 0 unspecified atom stereocenters. The number of halogens is 1. The van der Waals surface area contributed by atoms with Crippen LogP contribution in [-0.2, 0) is 16.4 Å². The van der Waals surface area contributed by atoms with E-state index in [9.17, 15) is 8.42 Å². The zero-order chi connectivity index (χ0) is 29.6. The van der Waals surface area contributed by atoms with Crippen molar-refractivity contribution < 1.29 is 17.6 Å². The van der Waals surface area contributed by atoms with Gasteiger partial charge in [0, 0.05) is 11.6 Å². The minimum absolute atomic E-state index is 0.0520. The summed E-state index contributed by atoms with van der Waals surface area (Å²) in [5.41, 5.74) is 2.70. The zero-order valence-electron chi connectivity index (χ0n) is 22.9. The molecule has 0 fully saturated rings. The number of sulfone groups is 1. The normalized spacial score (nSPS) is 11.4. The van der Waals surface area contributed by atoms with E-state index in [-0.39, 0.29) is 28.2 Å². The van der Waals surface area contributed by atoms with Crippen molar-refractivity contribution in [2.75, 3.05) is 5.32 Å². The summed E-state index contributed by atoms with van der Waals surface area (Å²) in [6, 6.07) is 42.6. The van der Waals surface area contributed by atoms with E-state index in [0.29, 0.717) is 10.8 Å². The maximum Gasteiger partial charge on any atom is 0.233 e. The number of benzene rings is 5. The van der Waals surface area contributed by atoms with Crippen LogP contribution in [0.25, 0.3) is 0 Å². The van der Waals surface area contributed by atoms with Crippen molar-refractivity contribution in [1.29, 1.82) is 0 Å². The monoisotopic (exact) mass is 606 g/mol. The minimum atomic E-state index is -4.07. The first-order valence-electron chi connectivity index (χ1n) is 13.6. The fourth-order valence-electron chi connectivity index (χ4n) is 4.76. The summed E-state index contributed by atoms with van der Waals surface area (Å²) in [6.45, 7) is 0.269. The molecule has 214 valence electrons. The van der Waals surface area contributed by atoms with Gasteiger partial charge in [0.05, 0.1) is 10.8 Å². The molecule has 0 aliphatic carbocycles. The summed E-state index contributed by atoms with van der Waals surface area (Å²) in [5, 5.41) is 3.43. The second-order valence-electron chi connectivity index (χ2n) is 9.81. The average molecular weight is 607 g/mol. The molecule has 6 nitrogen and oxygen atoms in total. The van der Waals surface area contributed by atoms with Crippen molar-refractivity contribution in [1.82, 2.24) is 4.98 Å². The zero-order valence-corrected chi connectivity index (χ0v) is 24.5. The van der Waals surface area contributed by atoms with Gasteiger partial charge in [-0.1, -0.05) is 103 Å². The van der Waals surface area contributed by atoms with Gasteiger partial charge in [0.1, 0.15) is 11.5 Å². The molecule has 0 radical (unpaired) electrons. The van der Waals surface area contributed by atoms with Crippen molar-refractivity contribution in [3.63, 3.8) is 0 Å². The fourth-order valence-corrected chi connectivity index (χ4v) is 6.17. The molecule has 8 heteroatoms. The van der Waals surface area contributed by atoms with Gasteiger partial charge in [0.2, 0.25) is 26.6 Å². The Balaban J connectivity index is 1.39. The largest absolute Gasteiger partial charge is 0.457 e. The predicted octanol–water partition coefficient (Wildman–Crippen LogP) is 8.75. The van der Waals surface area contributed by atoms with Gasteiger partial charge in [0.15, 0.2) is 0 Å². The molecule has 5 aromatic carbocycles. The van der Waals surface area contributed by atoms with E-state index in [4.69, 9.17) is 20.8 Å². The highest BCUT2D eigenvalue weighted by molar-refractivity contribution is 7.91. The lowest BCUT2D eigenvalue weighted by Crippen LogP contribution is -2.08. The highest BCUT2D eigenvalue weighted by Gasteiger charge is 2.32. The minimum Gasteiger partial charge on any atom is -0.457 e. The number of para-hydroxylation sites is 1. The molecule has 1 N–H and O–H groups in total. The highest BCUT2D eigenvalue weighted by atomic mass is 35.5. The molecule has 0 aliphatic heterocycles. The Morgan fingerprint density at radius 3 is 1.93 bits per heavy atom. The van der Waals surface area contributed by atoms with Gasteiger partial charge in [-0.15, -0.1) is 0 Å². The second-order valence-corrected chi connectivity index (χ2v) is 12.1. The Morgan fingerprint density at radius 2 is 1.30 bits per heavy atom. The fraction of sp³-hybridized carbons (Fsp3) is 0.0571. The van der Waals surface area contributed by atoms with Crippen molar-refractivity contribution in [2.24, 2.45) is 0 Å². The van der Waals surface area contributed by atoms with E-state index in [2.05, 4.69) is 10.3 Å². The van der Waals surface area contributed by atoms with Crippen LogP contribution in [0.5, 0.6) is 11.5 Å². The summed E-state index contributed by atoms with van der Waals surface area (Å²) < 4.78 is 40.1. The number of hydrogen-bond acceptors (Lipinski definition) is 6. The molecular weight excluding hydrogens is 580 g/mol. The molecule has 0 amide bonds. The van der Waals surface area contributed by atoms with Gasteiger partial charge < -0.3 is 14.5 Å². The van der Waals surface area contributed by atoms with Crippen LogP contribution < -0.4 is 10.1 Å². The first-order valence-corrected chi connectivity index (χ1v) is 15.5. The van der Waals surface area contributed by atoms with Crippen molar-refractivity contribution in [2.45, 2.75) is 22.4 Å². The van der Waals surface area contributed by atoms with Crippen LogP contribution >= 0.6 is 11.6 Å². The summed E-state index contributed by atoms with van der Waals surface area (Å²) in [7, 11) is -4.07. The third-order valence-electron chi connectivity index (χ3n) is 6.83. The SMILES string of the molecule is O=S(=O)(c1ccc(Cl)cc1)c1nc(C(c2ccccc2)c2ccccc2)oc1NCc1cccc(Oc2ccccc2)c1. The lowest BCUT2D eigenvalue weighted by Gasteiger charge is -2.14. The molecule has 0 saturated carbocycles. The third-order valence-corrected chi connectivity index (χ3v) is 8.76. The van der Waals surface area contributed by atoms with Gasteiger partial charge in [-0.2, -0.15) is 4.98 Å². The second kappa shape index (κ2) is 12.6. The standard InChI is InChI=1S/C35H27ClN2O4S/c36-28-19-21-31(22-20-28)43(39,40)35-34(37-24-25-11-10-18-30(23-25)41-29-16-8-3-9-17-29)42-33(38-35)32(26-12-4-1-5-13-26)27-14-6-2-7-15-27/h1-23,32,37H,24H2. The Bertz CT molecular complexity index is 1870. The van der Waals surface area contributed by atoms with Crippen LogP contribution in [0, 0.1) is 0 Å². The number of hydrogen-bond donors (Lipinski definition) is 1. The van der Waals surface area contributed by atoms with Gasteiger partial charge in [0.25, 0.3) is 0 Å². The van der Waals surface area contributed by atoms with Crippen molar-refractivity contribution in [3.05, 3.63) is 167 Å². The lowest BCUT2D eigenvalue weighted by atomic mass is 9.91. The number of nitrogens with zero attached hydrogens (tertiary/aromatic N) is 1. The van der Waals surface area contributed by atoms with Crippen LogP contribution in [0.4, 0.5) is 5.88 Å². The number of rotatable bonds is 10. The molecule has 6 rings (SSSR count). The van der Waals surface area contributed by atoms with Gasteiger partial charge >= 0.3 is 0 Å². The Hall–Kier alpha value is -4.85. The molecule has 1 aromatic heterocycles. The maximum absolute atomic E-state index is 13.9. The summed E-state index contributed by atoms with van der Waals surface area (Å²) in [4.78, 5) is 4.71. The number of ether oxygens (including phenoxy) is 1. The van der Waals surface area contributed by atoms with Crippen LogP contribution in [0.1, 0.15) is 28.5 Å². The Kier molecular flexibility index (Phi) is 8.27. The molecule has 6 aromatic rings. The van der Waals surface area contributed by atoms with Crippen LogP contribution in [0.2, 0.25) is 5.02 Å². The smallest absolute Gasteiger partial charge is 0.233 e. The maximum atomic E-state index is 13.9. The van der Waals surface area contributed by atoms with Crippen molar-refractivity contribution >= 4 is 27.3 Å². The molecule has 0 atom stereocenters. The van der Waals surface area contributed by atoms with E-state index in [0.717, 1.165) is 22.4 Å². The lowest BCUT2D eigenvalue weighted by molar-refractivity contribution is 0.481. The highest BCUT2D eigenvalue weighted by Crippen LogP contribution is 2.37. The summed E-state index contributed by atoms with van der Waals surface area (Å²) in [6.07, 6.45) is 0. The van der Waals surface area contributed by atoms with E-state index >= 15 is 0 Å². The van der Waals surface area contributed by atoms with Gasteiger partial charge in [-0.3, -0.25) is 0 Å². The Labute approximate surface area is 255 Å². The van der Waals surface area contributed by atoms with E-state index < -0.39 is 15.8 Å². The number of oxazole rings is 1. The molecule has 0 saturated heterocycles. The molecular formula is C35H27ClN2O4S.